The van der Waals surface area contributed by atoms with E-state index < -0.39 is 6.04 Å². The van der Waals surface area contributed by atoms with E-state index in [0.29, 0.717) is 28.7 Å². The molecule has 1 aromatic carbocycles. The largest absolute Gasteiger partial charge is 0.497 e. The standard InChI is InChI=1S/C20H25N5O4/c1-12-17(19(26)29-13-7-5-4-6-8-13)18(25-20(21-12)22-23-24-25)15-11-14(27-2)9-10-16(15)28-3/h9-11,13,18H,4-8H2,1-3H3,(H,21,22,24)/t18-/m0/s1. The SMILES string of the molecule is COc1ccc(OC)c([C@H]2C(C(=O)OC3CCCCC3)=C(C)Nc3nnnn32)c1. The van der Waals surface area contributed by atoms with Crippen LogP contribution in [0.5, 0.6) is 11.5 Å². The van der Waals surface area contributed by atoms with Crippen LogP contribution < -0.4 is 14.8 Å². The summed E-state index contributed by atoms with van der Waals surface area (Å²) in [6.07, 6.45) is 5.09. The average molecular weight is 399 g/mol. The number of nitrogens with zero attached hydrogens (tertiary/aromatic N) is 4. The second kappa shape index (κ2) is 8.10. The van der Waals surface area contributed by atoms with Crippen molar-refractivity contribution < 1.29 is 19.0 Å². The van der Waals surface area contributed by atoms with Crippen LogP contribution in [0.4, 0.5) is 5.95 Å². The molecule has 1 fully saturated rings. The maximum absolute atomic E-state index is 13.3. The number of hydrogen-bond donors (Lipinski definition) is 1. The van der Waals surface area contributed by atoms with Gasteiger partial charge in [-0.3, -0.25) is 0 Å². The van der Waals surface area contributed by atoms with E-state index in [2.05, 4.69) is 20.8 Å². The van der Waals surface area contributed by atoms with Gasteiger partial charge in [-0.2, -0.15) is 4.68 Å². The molecule has 2 aromatic rings. The minimum absolute atomic E-state index is 0.0559. The Labute approximate surface area is 169 Å². The summed E-state index contributed by atoms with van der Waals surface area (Å²) in [5.41, 5.74) is 1.83. The number of esters is 1. The smallest absolute Gasteiger partial charge is 0.338 e. The van der Waals surface area contributed by atoms with E-state index in [9.17, 15) is 4.79 Å². The van der Waals surface area contributed by atoms with Crippen molar-refractivity contribution >= 4 is 11.9 Å². The van der Waals surface area contributed by atoms with E-state index in [1.807, 2.05) is 13.0 Å². The lowest BCUT2D eigenvalue weighted by Crippen LogP contribution is -2.32. The molecule has 2 aliphatic rings. The van der Waals surface area contributed by atoms with Gasteiger partial charge in [-0.05, 0) is 61.2 Å². The number of nitrogens with one attached hydrogen (secondary N) is 1. The first-order valence-corrected chi connectivity index (χ1v) is 9.81. The van der Waals surface area contributed by atoms with E-state index >= 15 is 0 Å². The number of anilines is 1. The van der Waals surface area contributed by atoms with Gasteiger partial charge in [-0.1, -0.05) is 11.5 Å². The lowest BCUT2D eigenvalue weighted by Gasteiger charge is -2.30. The van der Waals surface area contributed by atoms with Crippen molar-refractivity contribution in [3.05, 3.63) is 35.0 Å². The molecular formula is C20H25N5O4. The molecule has 2 heterocycles. The molecule has 0 amide bonds. The van der Waals surface area contributed by atoms with Crippen molar-refractivity contribution in [2.45, 2.75) is 51.2 Å². The summed E-state index contributed by atoms with van der Waals surface area (Å²) in [5.74, 6) is 1.34. The summed E-state index contributed by atoms with van der Waals surface area (Å²) in [6, 6.07) is 4.85. The van der Waals surface area contributed by atoms with Gasteiger partial charge in [0.15, 0.2) is 0 Å². The summed E-state index contributed by atoms with van der Waals surface area (Å²) >= 11 is 0. The monoisotopic (exact) mass is 399 g/mol. The number of fused-ring (bicyclic) bond motifs is 1. The molecule has 1 saturated carbocycles. The molecule has 4 rings (SSSR count). The number of tetrazole rings is 1. The molecule has 9 heteroatoms. The van der Waals surface area contributed by atoms with Gasteiger partial charge in [0.1, 0.15) is 23.6 Å². The van der Waals surface area contributed by atoms with Crippen molar-refractivity contribution in [1.29, 1.82) is 0 Å². The fourth-order valence-electron chi connectivity index (χ4n) is 4.02. The molecule has 0 spiro atoms. The molecule has 1 atom stereocenters. The quantitative estimate of drug-likeness (QED) is 0.766. The Bertz CT molecular complexity index is 933. The van der Waals surface area contributed by atoms with Crippen LogP contribution in [0.15, 0.2) is 29.5 Å². The zero-order valence-corrected chi connectivity index (χ0v) is 16.8. The minimum atomic E-state index is -0.595. The van der Waals surface area contributed by atoms with Crippen LogP contribution in [0.25, 0.3) is 0 Å². The topological polar surface area (TPSA) is 100 Å². The Morgan fingerprint density at radius 1 is 1.17 bits per heavy atom. The Morgan fingerprint density at radius 2 is 1.97 bits per heavy atom. The van der Waals surface area contributed by atoms with E-state index in [4.69, 9.17) is 14.2 Å². The number of allylic oxidation sites excluding steroid dienone is 1. The Kier molecular flexibility index (Phi) is 5.37. The molecule has 1 N–H and O–H groups in total. The van der Waals surface area contributed by atoms with Gasteiger partial charge in [-0.25, -0.2) is 4.79 Å². The minimum Gasteiger partial charge on any atom is -0.497 e. The third kappa shape index (κ3) is 3.64. The number of ether oxygens (including phenoxy) is 3. The van der Waals surface area contributed by atoms with Gasteiger partial charge in [0.25, 0.3) is 0 Å². The molecule has 0 bridgehead atoms. The first kappa shape index (κ1) is 19.2. The second-order valence-electron chi connectivity index (χ2n) is 7.29. The first-order valence-electron chi connectivity index (χ1n) is 9.81. The lowest BCUT2D eigenvalue weighted by molar-refractivity contribution is -0.146. The van der Waals surface area contributed by atoms with E-state index in [1.165, 1.54) is 6.42 Å². The van der Waals surface area contributed by atoms with Gasteiger partial charge in [0.05, 0.1) is 19.8 Å². The normalized spacial score (nSPS) is 19.3. The van der Waals surface area contributed by atoms with Gasteiger partial charge < -0.3 is 19.5 Å². The van der Waals surface area contributed by atoms with Crippen LogP contribution in [-0.4, -0.2) is 46.5 Å². The summed E-state index contributed by atoms with van der Waals surface area (Å²) < 4.78 is 18.4. The fourth-order valence-corrected chi connectivity index (χ4v) is 4.02. The average Bonchev–Trinajstić information content (AvgIpc) is 3.20. The number of benzene rings is 1. The van der Waals surface area contributed by atoms with Crippen molar-refractivity contribution in [1.82, 2.24) is 20.2 Å². The van der Waals surface area contributed by atoms with Crippen LogP contribution >= 0.6 is 0 Å². The van der Waals surface area contributed by atoms with Crippen LogP contribution in [0.1, 0.15) is 50.6 Å². The summed E-state index contributed by atoms with van der Waals surface area (Å²) in [5, 5.41) is 15.0. The maximum atomic E-state index is 13.3. The van der Waals surface area contributed by atoms with Gasteiger partial charge in [-0.15, -0.1) is 0 Å². The highest BCUT2D eigenvalue weighted by molar-refractivity contribution is 5.92. The van der Waals surface area contributed by atoms with Gasteiger partial charge in [0.2, 0.25) is 5.95 Å². The summed E-state index contributed by atoms with van der Waals surface area (Å²) in [4.78, 5) is 13.3. The third-order valence-corrected chi connectivity index (χ3v) is 5.49. The zero-order chi connectivity index (χ0) is 20.4. The molecule has 0 unspecified atom stereocenters. The number of carbonyl (C=O) groups is 1. The fraction of sp³-hybridized carbons (Fsp3) is 0.500. The van der Waals surface area contributed by atoms with Gasteiger partial charge in [0, 0.05) is 11.3 Å². The maximum Gasteiger partial charge on any atom is 0.338 e. The van der Waals surface area contributed by atoms with Crippen LogP contribution in [0.2, 0.25) is 0 Å². The number of hydrogen-bond acceptors (Lipinski definition) is 8. The van der Waals surface area contributed by atoms with Crippen molar-refractivity contribution in [2.24, 2.45) is 0 Å². The third-order valence-electron chi connectivity index (χ3n) is 5.49. The second-order valence-corrected chi connectivity index (χ2v) is 7.29. The highest BCUT2D eigenvalue weighted by atomic mass is 16.5. The number of carbonyl (C=O) groups excluding carboxylic acids is 1. The summed E-state index contributed by atoms with van der Waals surface area (Å²) in [6.45, 7) is 1.83. The molecule has 9 nitrogen and oxygen atoms in total. The Hall–Kier alpha value is -3.10. The zero-order valence-electron chi connectivity index (χ0n) is 16.8. The molecular weight excluding hydrogens is 374 g/mol. The predicted molar refractivity (Wildman–Crippen MR) is 105 cm³/mol. The van der Waals surface area contributed by atoms with Gasteiger partial charge >= 0.3 is 5.97 Å². The number of aromatic nitrogens is 4. The molecule has 29 heavy (non-hydrogen) atoms. The molecule has 1 aliphatic carbocycles. The van der Waals surface area contributed by atoms with Crippen LogP contribution in [-0.2, 0) is 9.53 Å². The number of methoxy groups -OCH3 is 2. The Morgan fingerprint density at radius 3 is 2.69 bits per heavy atom. The molecule has 0 radical (unpaired) electrons. The molecule has 1 aliphatic heterocycles. The van der Waals surface area contributed by atoms with Crippen molar-refractivity contribution in [2.75, 3.05) is 19.5 Å². The Balaban J connectivity index is 1.77. The highest BCUT2D eigenvalue weighted by Gasteiger charge is 2.37. The lowest BCUT2D eigenvalue weighted by atomic mass is 9.94. The highest BCUT2D eigenvalue weighted by Crippen LogP contribution is 2.40. The number of rotatable bonds is 5. The molecule has 0 saturated heterocycles. The molecule has 1 aromatic heterocycles. The summed E-state index contributed by atoms with van der Waals surface area (Å²) in [7, 11) is 3.18. The van der Waals surface area contributed by atoms with Crippen LogP contribution in [0, 0.1) is 0 Å². The van der Waals surface area contributed by atoms with E-state index in [-0.39, 0.29) is 12.1 Å². The van der Waals surface area contributed by atoms with Crippen LogP contribution in [0.3, 0.4) is 0 Å². The molecule has 154 valence electrons. The first-order chi connectivity index (χ1) is 14.1. The van der Waals surface area contributed by atoms with E-state index in [1.54, 1.807) is 31.0 Å². The van der Waals surface area contributed by atoms with E-state index in [0.717, 1.165) is 31.2 Å². The van der Waals surface area contributed by atoms with Crippen molar-refractivity contribution in [3.8, 4) is 11.5 Å². The predicted octanol–water partition coefficient (Wildman–Crippen LogP) is 2.86. The van der Waals surface area contributed by atoms with Crippen molar-refractivity contribution in [3.63, 3.8) is 0 Å².